The maximum atomic E-state index is 12.7. The summed E-state index contributed by atoms with van der Waals surface area (Å²) in [5, 5.41) is 5.48. The summed E-state index contributed by atoms with van der Waals surface area (Å²) in [4.78, 5) is 41.3. The largest absolute Gasteiger partial charge is 0.452 e. The van der Waals surface area contributed by atoms with Crippen molar-refractivity contribution >= 4 is 23.5 Å². The molecule has 4 rings (SSSR count). The molecule has 0 unspecified atom stereocenters. The summed E-state index contributed by atoms with van der Waals surface area (Å²) < 4.78 is 10.3. The fourth-order valence-corrected chi connectivity index (χ4v) is 3.30. The van der Waals surface area contributed by atoms with Gasteiger partial charge in [-0.3, -0.25) is 9.59 Å². The van der Waals surface area contributed by atoms with Crippen LogP contribution in [0.4, 0.5) is 5.69 Å². The Morgan fingerprint density at radius 3 is 2.40 bits per heavy atom. The third kappa shape index (κ3) is 6.20. The lowest BCUT2D eigenvalue weighted by molar-refractivity contribution is -0.119. The summed E-state index contributed by atoms with van der Waals surface area (Å²) in [6.07, 6.45) is 2.89. The number of hydrogen-bond acceptors (Lipinski definition) is 6. The summed E-state index contributed by atoms with van der Waals surface area (Å²) in [5.74, 6) is -0.958. The van der Waals surface area contributed by atoms with Crippen molar-refractivity contribution < 1.29 is 23.5 Å². The van der Waals surface area contributed by atoms with Crippen molar-refractivity contribution in [3.63, 3.8) is 0 Å². The number of hydrogen-bond donors (Lipinski definition) is 2. The van der Waals surface area contributed by atoms with Crippen LogP contribution in [-0.4, -0.2) is 29.4 Å². The van der Waals surface area contributed by atoms with Crippen LogP contribution in [0.1, 0.15) is 31.8 Å². The molecule has 0 atom stereocenters. The first-order valence-electron chi connectivity index (χ1n) is 10.9. The summed E-state index contributed by atoms with van der Waals surface area (Å²) in [5.41, 5.74) is 3.78. The highest BCUT2D eigenvalue weighted by Crippen LogP contribution is 2.19. The molecule has 0 fully saturated rings. The Morgan fingerprint density at radius 2 is 1.69 bits per heavy atom. The molecule has 8 nitrogen and oxygen atoms in total. The molecule has 0 spiro atoms. The topological polar surface area (TPSA) is 111 Å². The van der Waals surface area contributed by atoms with Crippen LogP contribution < -0.4 is 10.6 Å². The minimum absolute atomic E-state index is 0.289. The lowest BCUT2D eigenvalue weighted by Crippen LogP contribution is -2.26. The van der Waals surface area contributed by atoms with Gasteiger partial charge in [-0.25, -0.2) is 9.78 Å². The number of rotatable bonds is 8. The van der Waals surface area contributed by atoms with E-state index >= 15 is 0 Å². The minimum Gasteiger partial charge on any atom is -0.452 e. The molecule has 8 heteroatoms. The van der Waals surface area contributed by atoms with Gasteiger partial charge in [0.15, 0.2) is 18.8 Å². The SMILES string of the molecule is Cc1ccc(CNC(=O)c2ccccc2NC(=O)COC(=O)c2ccc(-c3cnco3)cc2)cc1. The van der Waals surface area contributed by atoms with Gasteiger partial charge in [0.25, 0.3) is 11.8 Å². The van der Waals surface area contributed by atoms with Crippen LogP contribution in [0.25, 0.3) is 11.3 Å². The molecule has 0 saturated heterocycles. The molecule has 0 saturated carbocycles. The number of anilines is 1. The number of nitrogens with zero attached hydrogens (tertiary/aromatic N) is 1. The standard InChI is InChI=1S/C27H23N3O5/c1-18-6-8-19(9-7-18)14-29-26(32)22-4-2-3-5-23(22)30-25(31)16-34-27(33)21-12-10-20(11-13-21)24-15-28-17-35-24/h2-13,15,17H,14,16H2,1H3,(H,29,32)(H,30,31). The van der Waals surface area contributed by atoms with Crippen LogP contribution >= 0.6 is 0 Å². The second-order valence-corrected chi connectivity index (χ2v) is 7.78. The smallest absolute Gasteiger partial charge is 0.338 e. The average molecular weight is 469 g/mol. The highest BCUT2D eigenvalue weighted by atomic mass is 16.5. The van der Waals surface area contributed by atoms with Crippen LogP contribution in [0.3, 0.4) is 0 Å². The van der Waals surface area contributed by atoms with Gasteiger partial charge in [0, 0.05) is 12.1 Å². The molecule has 2 amide bonds. The van der Waals surface area contributed by atoms with Gasteiger partial charge in [-0.1, -0.05) is 54.1 Å². The van der Waals surface area contributed by atoms with Crippen LogP contribution in [0.15, 0.2) is 89.8 Å². The molecule has 0 bridgehead atoms. The number of nitrogens with one attached hydrogen (secondary N) is 2. The van der Waals surface area contributed by atoms with Gasteiger partial charge in [-0.15, -0.1) is 0 Å². The van der Waals surface area contributed by atoms with Crippen molar-refractivity contribution in [3.8, 4) is 11.3 Å². The fraction of sp³-hybridized carbons (Fsp3) is 0.111. The Hall–Kier alpha value is -4.72. The van der Waals surface area contributed by atoms with Crippen LogP contribution in [-0.2, 0) is 16.1 Å². The van der Waals surface area contributed by atoms with E-state index in [1.54, 1.807) is 54.7 Å². The second-order valence-electron chi connectivity index (χ2n) is 7.78. The number of amides is 2. The first-order valence-corrected chi connectivity index (χ1v) is 10.9. The lowest BCUT2D eigenvalue weighted by Gasteiger charge is -2.12. The van der Waals surface area contributed by atoms with Crippen molar-refractivity contribution in [1.82, 2.24) is 10.3 Å². The number of carbonyl (C=O) groups is 3. The van der Waals surface area contributed by atoms with E-state index in [1.807, 2.05) is 31.2 Å². The molecule has 4 aromatic rings. The highest BCUT2D eigenvalue weighted by Gasteiger charge is 2.15. The normalized spacial score (nSPS) is 10.4. The molecule has 3 aromatic carbocycles. The Bertz CT molecular complexity index is 1310. The predicted molar refractivity (Wildman–Crippen MR) is 130 cm³/mol. The molecule has 2 N–H and O–H groups in total. The number of aryl methyl sites for hydroxylation is 1. The number of para-hydroxylation sites is 1. The zero-order valence-electron chi connectivity index (χ0n) is 19.0. The lowest BCUT2D eigenvalue weighted by atomic mass is 10.1. The van der Waals surface area contributed by atoms with E-state index in [2.05, 4.69) is 15.6 Å². The molecule has 1 aromatic heterocycles. The van der Waals surface area contributed by atoms with Crippen molar-refractivity contribution in [2.45, 2.75) is 13.5 Å². The Kier molecular flexibility index (Phi) is 7.32. The molecular formula is C27H23N3O5. The van der Waals surface area contributed by atoms with Gasteiger partial charge in [0.1, 0.15) is 0 Å². The minimum atomic E-state index is -0.645. The zero-order chi connectivity index (χ0) is 24.6. The Morgan fingerprint density at radius 1 is 0.943 bits per heavy atom. The van der Waals surface area contributed by atoms with E-state index in [1.165, 1.54) is 6.39 Å². The molecule has 0 aliphatic rings. The third-order valence-corrected chi connectivity index (χ3v) is 5.19. The molecule has 176 valence electrons. The van der Waals surface area contributed by atoms with E-state index in [9.17, 15) is 14.4 Å². The number of ether oxygens (including phenoxy) is 1. The quantitative estimate of drug-likeness (QED) is 0.371. The van der Waals surface area contributed by atoms with Crippen molar-refractivity contribution in [3.05, 3.63) is 108 Å². The Labute approximate surface area is 202 Å². The molecule has 0 aliphatic carbocycles. The molecule has 35 heavy (non-hydrogen) atoms. The van der Waals surface area contributed by atoms with Gasteiger partial charge in [0.05, 0.1) is 23.0 Å². The van der Waals surface area contributed by atoms with Crippen molar-refractivity contribution in [2.75, 3.05) is 11.9 Å². The number of esters is 1. The summed E-state index contributed by atoms with van der Waals surface area (Å²) in [6, 6.07) is 21.0. The number of benzene rings is 3. The number of oxazole rings is 1. The van der Waals surface area contributed by atoms with E-state index in [0.717, 1.165) is 16.7 Å². The average Bonchev–Trinajstić information content (AvgIpc) is 3.42. The van der Waals surface area contributed by atoms with Crippen LogP contribution in [0, 0.1) is 6.92 Å². The highest BCUT2D eigenvalue weighted by molar-refractivity contribution is 6.04. The maximum Gasteiger partial charge on any atom is 0.338 e. The first-order chi connectivity index (χ1) is 17.0. The molecule has 0 radical (unpaired) electrons. The van der Waals surface area contributed by atoms with E-state index < -0.39 is 18.5 Å². The van der Waals surface area contributed by atoms with E-state index in [-0.39, 0.29) is 11.5 Å². The molecule has 0 aliphatic heterocycles. The van der Waals surface area contributed by atoms with Gasteiger partial charge < -0.3 is 19.8 Å². The van der Waals surface area contributed by atoms with Crippen molar-refractivity contribution in [1.29, 1.82) is 0 Å². The predicted octanol–water partition coefficient (Wildman–Crippen LogP) is 4.38. The van der Waals surface area contributed by atoms with Gasteiger partial charge in [0.2, 0.25) is 0 Å². The van der Waals surface area contributed by atoms with Gasteiger partial charge in [-0.05, 0) is 36.8 Å². The van der Waals surface area contributed by atoms with Crippen LogP contribution in [0.5, 0.6) is 0 Å². The molecular weight excluding hydrogens is 446 g/mol. The summed E-state index contributed by atoms with van der Waals surface area (Å²) in [7, 11) is 0. The number of carbonyl (C=O) groups excluding carboxylic acids is 3. The van der Waals surface area contributed by atoms with E-state index in [0.29, 0.717) is 23.6 Å². The fourth-order valence-electron chi connectivity index (χ4n) is 3.30. The summed E-state index contributed by atoms with van der Waals surface area (Å²) >= 11 is 0. The van der Waals surface area contributed by atoms with E-state index in [4.69, 9.17) is 9.15 Å². The van der Waals surface area contributed by atoms with Gasteiger partial charge >= 0.3 is 5.97 Å². The first kappa shape index (κ1) is 23.4. The molecule has 1 heterocycles. The maximum absolute atomic E-state index is 12.7. The zero-order valence-corrected chi connectivity index (χ0v) is 19.0. The third-order valence-electron chi connectivity index (χ3n) is 5.19. The van der Waals surface area contributed by atoms with Crippen LogP contribution in [0.2, 0.25) is 0 Å². The van der Waals surface area contributed by atoms with Gasteiger partial charge in [-0.2, -0.15) is 0 Å². The number of aromatic nitrogens is 1. The Balaban J connectivity index is 1.31. The second kappa shape index (κ2) is 10.9. The van der Waals surface area contributed by atoms with Crippen molar-refractivity contribution in [2.24, 2.45) is 0 Å². The summed E-state index contributed by atoms with van der Waals surface area (Å²) in [6.45, 7) is 1.85. The monoisotopic (exact) mass is 469 g/mol.